The Morgan fingerprint density at radius 2 is 1.81 bits per heavy atom. The van der Waals surface area contributed by atoms with Gasteiger partial charge in [0.05, 0.1) is 35.5 Å². The molecule has 0 spiro atoms. The van der Waals surface area contributed by atoms with Crippen LogP contribution in [0.1, 0.15) is 30.9 Å². The molecule has 42 heavy (non-hydrogen) atoms. The number of sulfonamides is 1. The van der Waals surface area contributed by atoms with E-state index in [-0.39, 0.29) is 42.9 Å². The summed E-state index contributed by atoms with van der Waals surface area (Å²) in [7, 11) is -4.06. The van der Waals surface area contributed by atoms with Crippen LogP contribution in [0.3, 0.4) is 0 Å². The molecule has 2 aromatic carbocycles. The lowest BCUT2D eigenvalue weighted by molar-refractivity contribution is -0.137. The predicted octanol–water partition coefficient (Wildman–Crippen LogP) is 4.54. The highest BCUT2D eigenvalue weighted by Gasteiger charge is 2.39. The molecule has 15 heteroatoms. The molecule has 2 heterocycles. The molecular formula is C27H29ClF3N5O5S. The van der Waals surface area contributed by atoms with Gasteiger partial charge in [0.2, 0.25) is 15.8 Å². The van der Waals surface area contributed by atoms with E-state index in [0.717, 1.165) is 25.0 Å². The summed E-state index contributed by atoms with van der Waals surface area (Å²) < 4.78 is 75.0. The largest absolute Gasteiger partial charge is 0.486 e. The molecule has 0 atom stereocenters. The monoisotopic (exact) mass is 627 g/mol. The number of benzene rings is 2. The van der Waals surface area contributed by atoms with Crippen molar-refractivity contribution < 1.29 is 31.5 Å². The molecule has 5 rings (SSSR count). The van der Waals surface area contributed by atoms with E-state index in [1.165, 1.54) is 26.7 Å². The number of hydrogen-bond acceptors (Lipinski definition) is 8. The fourth-order valence-electron chi connectivity index (χ4n) is 4.77. The summed E-state index contributed by atoms with van der Waals surface area (Å²) in [5.41, 5.74) is -0.201. The minimum absolute atomic E-state index is 0.0116. The highest BCUT2D eigenvalue weighted by atomic mass is 35.5. The summed E-state index contributed by atoms with van der Waals surface area (Å²) in [6, 6.07) is 9.73. The van der Waals surface area contributed by atoms with Crippen molar-refractivity contribution >= 4 is 33.0 Å². The molecule has 2 N–H and O–H groups in total. The van der Waals surface area contributed by atoms with Gasteiger partial charge in [-0.2, -0.15) is 27.3 Å². The van der Waals surface area contributed by atoms with Crippen LogP contribution < -0.4 is 20.7 Å². The first kappa shape index (κ1) is 30.1. The zero-order valence-corrected chi connectivity index (χ0v) is 24.1. The number of nitrogens with zero attached hydrogens (tertiary/aromatic N) is 4. The molecule has 10 nitrogen and oxygen atoms in total. The van der Waals surface area contributed by atoms with Crippen molar-refractivity contribution in [3.8, 4) is 11.4 Å². The third kappa shape index (κ3) is 6.36. The molecule has 1 aliphatic heterocycles. The number of hydrogen-bond donors (Lipinski definition) is 2. The molecule has 2 aliphatic rings. The lowest BCUT2D eigenvalue weighted by Gasteiger charge is -2.36. The number of alkyl halides is 3. The Kier molecular flexibility index (Phi) is 8.18. The Morgan fingerprint density at radius 1 is 1.12 bits per heavy atom. The molecule has 0 bridgehead atoms. The predicted molar refractivity (Wildman–Crippen MR) is 151 cm³/mol. The third-order valence-corrected chi connectivity index (χ3v) is 9.58. The summed E-state index contributed by atoms with van der Waals surface area (Å²) in [6.45, 7) is 2.79. The Balaban J connectivity index is 1.37. The Hall–Kier alpha value is -3.33. The van der Waals surface area contributed by atoms with Crippen LogP contribution in [0.2, 0.25) is 5.02 Å². The number of para-hydroxylation sites is 1. The number of nitrogens with one attached hydrogen (secondary N) is 1. The van der Waals surface area contributed by atoms with E-state index in [0.29, 0.717) is 23.0 Å². The Morgan fingerprint density at radius 3 is 2.43 bits per heavy atom. The highest BCUT2D eigenvalue weighted by Crippen LogP contribution is 2.45. The average molecular weight is 628 g/mol. The summed E-state index contributed by atoms with van der Waals surface area (Å²) in [5, 5.41) is 14.1. The first-order chi connectivity index (χ1) is 19.8. The van der Waals surface area contributed by atoms with Gasteiger partial charge in [0.15, 0.2) is 0 Å². The summed E-state index contributed by atoms with van der Waals surface area (Å²) in [4.78, 5) is 15.4. The maximum atomic E-state index is 13.6. The number of ether oxygens (including phenoxy) is 1. The second-order valence-corrected chi connectivity index (χ2v) is 13.2. The second kappa shape index (κ2) is 11.4. The first-order valence-electron chi connectivity index (χ1n) is 13.1. The van der Waals surface area contributed by atoms with Crippen LogP contribution in [0.15, 0.2) is 53.5 Å². The van der Waals surface area contributed by atoms with Crippen molar-refractivity contribution in [2.45, 2.75) is 31.7 Å². The molecule has 1 saturated carbocycles. The number of anilines is 2. The number of halogens is 4. The lowest BCUT2D eigenvalue weighted by atomic mass is 10.1. The molecular weight excluding hydrogens is 599 g/mol. The van der Waals surface area contributed by atoms with E-state index in [9.17, 15) is 31.6 Å². The van der Waals surface area contributed by atoms with Crippen molar-refractivity contribution in [2.75, 3.05) is 43.2 Å². The topological polar surface area (TPSA) is 117 Å². The summed E-state index contributed by atoms with van der Waals surface area (Å²) in [6.07, 6.45) is -1.33. The number of piperazine rings is 1. The molecule has 1 saturated heterocycles. The zero-order valence-electron chi connectivity index (χ0n) is 22.6. The van der Waals surface area contributed by atoms with Crippen molar-refractivity contribution in [1.29, 1.82) is 0 Å². The molecule has 226 valence electrons. The van der Waals surface area contributed by atoms with Crippen LogP contribution in [-0.2, 0) is 22.0 Å². The maximum Gasteiger partial charge on any atom is 0.418 e. The van der Waals surface area contributed by atoms with Gasteiger partial charge in [-0.05, 0) is 42.7 Å². The van der Waals surface area contributed by atoms with Gasteiger partial charge in [-0.1, -0.05) is 36.7 Å². The van der Waals surface area contributed by atoms with Gasteiger partial charge >= 0.3 is 11.7 Å². The molecule has 0 radical (unpaired) electrons. The van der Waals surface area contributed by atoms with E-state index in [4.69, 9.17) is 16.3 Å². The van der Waals surface area contributed by atoms with E-state index < -0.39 is 38.8 Å². The standard InChI is InChI=1S/C27H29ClF3N5O5S/c1-26(8-9-26)17-41-24-22(15-32-36(25(24)37)20-6-3-5-19(28)14-20)34-10-12-35(13-11-34)42(39,40)16-18-4-2-7-21(23(18)33-38)27(29,30)31/h2-7,14-15,33,38H,8-13,16-17H2,1H3. The van der Waals surface area contributed by atoms with Crippen molar-refractivity contribution in [3.63, 3.8) is 0 Å². The van der Waals surface area contributed by atoms with E-state index in [1.807, 2.05) is 0 Å². The zero-order chi connectivity index (χ0) is 30.3. The molecule has 2 fully saturated rings. The quantitative estimate of drug-likeness (QED) is 0.332. The van der Waals surface area contributed by atoms with Crippen molar-refractivity contribution in [2.24, 2.45) is 5.41 Å². The van der Waals surface area contributed by atoms with Gasteiger partial charge in [-0.3, -0.25) is 15.5 Å². The van der Waals surface area contributed by atoms with Gasteiger partial charge in [0.25, 0.3) is 0 Å². The lowest BCUT2D eigenvalue weighted by Crippen LogP contribution is -2.49. The Bertz CT molecular complexity index is 1640. The minimum atomic E-state index is -4.79. The minimum Gasteiger partial charge on any atom is -0.486 e. The third-order valence-electron chi connectivity index (χ3n) is 7.51. The number of rotatable bonds is 9. The molecule has 3 aromatic rings. The summed E-state index contributed by atoms with van der Waals surface area (Å²) in [5.74, 6) is -0.652. The second-order valence-electron chi connectivity index (χ2n) is 10.7. The van der Waals surface area contributed by atoms with Crippen LogP contribution in [0.5, 0.6) is 5.75 Å². The first-order valence-corrected chi connectivity index (χ1v) is 15.1. The maximum absolute atomic E-state index is 13.6. The molecule has 0 unspecified atom stereocenters. The van der Waals surface area contributed by atoms with Crippen molar-refractivity contribution in [3.05, 3.63) is 75.2 Å². The van der Waals surface area contributed by atoms with Crippen LogP contribution in [-0.4, -0.2) is 60.5 Å². The van der Waals surface area contributed by atoms with E-state index in [1.54, 1.807) is 29.2 Å². The highest BCUT2D eigenvalue weighted by molar-refractivity contribution is 7.88. The fourth-order valence-corrected chi connectivity index (χ4v) is 6.49. The summed E-state index contributed by atoms with van der Waals surface area (Å²) >= 11 is 6.11. The molecule has 1 aliphatic carbocycles. The normalized spacial score (nSPS) is 17.2. The molecule has 0 amide bonds. The van der Waals surface area contributed by atoms with Crippen LogP contribution in [0, 0.1) is 5.41 Å². The van der Waals surface area contributed by atoms with Crippen LogP contribution in [0.25, 0.3) is 5.69 Å². The van der Waals surface area contributed by atoms with Gasteiger partial charge in [0.1, 0.15) is 5.69 Å². The van der Waals surface area contributed by atoms with Gasteiger partial charge in [0, 0.05) is 36.6 Å². The SMILES string of the molecule is CC1(COc2c(N3CCN(S(=O)(=O)Cc4cccc(C(F)(F)F)c4NO)CC3)cnn(-c3cccc(Cl)c3)c2=O)CC1. The van der Waals surface area contributed by atoms with Gasteiger partial charge in [-0.25, -0.2) is 8.42 Å². The Labute approximate surface area is 245 Å². The van der Waals surface area contributed by atoms with E-state index >= 15 is 0 Å². The fraction of sp³-hybridized carbons (Fsp3) is 0.407. The van der Waals surface area contributed by atoms with Gasteiger partial charge in [-0.15, -0.1) is 0 Å². The van der Waals surface area contributed by atoms with Crippen LogP contribution in [0.4, 0.5) is 24.5 Å². The number of aromatic nitrogens is 2. The van der Waals surface area contributed by atoms with Crippen LogP contribution >= 0.6 is 11.6 Å². The average Bonchev–Trinajstić information content (AvgIpc) is 3.68. The van der Waals surface area contributed by atoms with Crippen molar-refractivity contribution in [1.82, 2.24) is 14.1 Å². The smallest absolute Gasteiger partial charge is 0.418 e. The van der Waals surface area contributed by atoms with Gasteiger partial charge < -0.3 is 9.64 Å². The molecule has 1 aromatic heterocycles. The van der Waals surface area contributed by atoms with E-state index in [2.05, 4.69) is 12.0 Å².